The maximum absolute atomic E-state index is 13.2. The van der Waals surface area contributed by atoms with Crippen LogP contribution in [0.2, 0.25) is 5.02 Å². The van der Waals surface area contributed by atoms with Crippen LogP contribution in [0.25, 0.3) is 22.5 Å². The van der Waals surface area contributed by atoms with Gasteiger partial charge in [-0.25, -0.2) is 4.57 Å². The smallest absolute Gasteiger partial charge is 0.289 e. The Morgan fingerprint density at radius 1 is 1.00 bits per heavy atom. The zero-order valence-corrected chi connectivity index (χ0v) is 15.6. The van der Waals surface area contributed by atoms with E-state index in [4.69, 9.17) is 11.6 Å². The highest BCUT2D eigenvalue weighted by Gasteiger charge is 2.19. The molecular formula is C19H17ClN6O. The van der Waals surface area contributed by atoms with Crippen molar-refractivity contribution < 1.29 is 0 Å². The van der Waals surface area contributed by atoms with Gasteiger partial charge in [-0.3, -0.25) is 4.79 Å². The van der Waals surface area contributed by atoms with E-state index in [1.54, 1.807) is 28.9 Å². The topological polar surface area (TPSA) is 77.6 Å². The molecule has 0 aliphatic rings. The average molecular weight is 381 g/mol. The van der Waals surface area contributed by atoms with E-state index in [2.05, 4.69) is 20.6 Å². The Morgan fingerprint density at radius 2 is 1.70 bits per heavy atom. The quantitative estimate of drug-likeness (QED) is 0.586. The first-order valence-electron chi connectivity index (χ1n) is 8.51. The third-order valence-electron chi connectivity index (χ3n) is 3.98. The molecule has 0 spiro atoms. The molecule has 4 aromatic rings. The van der Waals surface area contributed by atoms with Crippen molar-refractivity contribution in [3.05, 3.63) is 70.0 Å². The molecule has 1 N–H and O–H groups in total. The zero-order chi connectivity index (χ0) is 19.0. The molecule has 7 nitrogen and oxygen atoms in total. The molecule has 4 rings (SSSR count). The van der Waals surface area contributed by atoms with Gasteiger partial charge >= 0.3 is 0 Å². The summed E-state index contributed by atoms with van der Waals surface area (Å²) >= 11 is 5.98. The van der Waals surface area contributed by atoms with Gasteiger partial charge in [0.05, 0.1) is 11.4 Å². The third kappa shape index (κ3) is 3.17. The zero-order valence-electron chi connectivity index (χ0n) is 14.8. The lowest BCUT2D eigenvalue weighted by atomic mass is 10.3. The molecular weight excluding hydrogens is 364 g/mol. The van der Waals surface area contributed by atoms with E-state index in [1.807, 2.05) is 44.2 Å². The molecule has 2 aromatic heterocycles. The SMILES string of the molecule is CC(C)Nc1nc2c(nnn2-c2ccccc2)c(=O)n1-c1ccc(Cl)cc1. The van der Waals surface area contributed by atoms with Crippen LogP contribution >= 0.6 is 11.6 Å². The Morgan fingerprint density at radius 3 is 2.37 bits per heavy atom. The number of fused-ring (bicyclic) bond motifs is 1. The van der Waals surface area contributed by atoms with Crippen LogP contribution in [-0.4, -0.2) is 30.6 Å². The predicted octanol–water partition coefficient (Wildman–Crippen LogP) is 3.44. The Bertz CT molecular complexity index is 1150. The Kier molecular flexibility index (Phi) is 4.37. The van der Waals surface area contributed by atoms with Gasteiger partial charge in [-0.2, -0.15) is 9.67 Å². The molecule has 136 valence electrons. The molecule has 0 amide bonds. The first kappa shape index (κ1) is 17.2. The standard InChI is InChI=1S/C19H17ClN6O/c1-12(2)21-19-22-17-16(23-24-26(17)15-6-4-3-5-7-15)18(27)25(19)14-10-8-13(20)9-11-14/h3-12H,1-2H3,(H,21,22). The second-order valence-corrected chi connectivity index (χ2v) is 6.80. The predicted molar refractivity (Wildman–Crippen MR) is 106 cm³/mol. The summed E-state index contributed by atoms with van der Waals surface area (Å²) in [4.78, 5) is 17.9. The van der Waals surface area contributed by atoms with Crippen molar-refractivity contribution >= 4 is 28.7 Å². The minimum Gasteiger partial charge on any atom is -0.353 e. The summed E-state index contributed by atoms with van der Waals surface area (Å²) in [7, 11) is 0. The highest BCUT2D eigenvalue weighted by atomic mass is 35.5. The molecule has 27 heavy (non-hydrogen) atoms. The molecule has 0 bridgehead atoms. The van der Waals surface area contributed by atoms with E-state index in [0.717, 1.165) is 5.69 Å². The minimum atomic E-state index is -0.298. The van der Waals surface area contributed by atoms with Gasteiger partial charge in [0.25, 0.3) is 5.56 Å². The Balaban J connectivity index is 2.00. The number of rotatable bonds is 4. The number of nitrogens with zero attached hydrogens (tertiary/aromatic N) is 5. The second kappa shape index (κ2) is 6.85. The van der Waals surface area contributed by atoms with Gasteiger partial charge in [-0.15, -0.1) is 5.10 Å². The van der Waals surface area contributed by atoms with Crippen LogP contribution in [-0.2, 0) is 0 Å². The average Bonchev–Trinajstić information content (AvgIpc) is 3.07. The molecule has 0 aliphatic heterocycles. The molecule has 2 heterocycles. The normalized spacial score (nSPS) is 11.3. The summed E-state index contributed by atoms with van der Waals surface area (Å²) in [6.45, 7) is 3.96. The molecule has 0 atom stereocenters. The summed E-state index contributed by atoms with van der Waals surface area (Å²) < 4.78 is 3.05. The number of anilines is 1. The first-order chi connectivity index (χ1) is 13.0. The van der Waals surface area contributed by atoms with Gasteiger partial charge in [0, 0.05) is 11.1 Å². The van der Waals surface area contributed by atoms with E-state index < -0.39 is 0 Å². The van der Waals surface area contributed by atoms with Crippen LogP contribution in [0.5, 0.6) is 0 Å². The van der Waals surface area contributed by atoms with Gasteiger partial charge in [0.15, 0.2) is 11.2 Å². The number of para-hydroxylation sites is 1. The lowest BCUT2D eigenvalue weighted by Crippen LogP contribution is -2.26. The fourth-order valence-electron chi connectivity index (χ4n) is 2.80. The summed E-state index contributed by atoms with van der Waals surface area (Å²) in [6, 6.07) is 16.5. The number of halogens is 1. The van der Waals surface area contributed by atoms with Crippen molar-refractivity contribution in [2.45, 2.75) is 19.9 Å². The molecule has 8 heteroatoms. The van der Waals surface area contributed by atoms with E-state index in [0.29, 0.717) is 22.3 Å². The van der Waals surface area contributed by atoms with Crippen molar-refractivity contribution in [2.75, 3.05) is 5.32 Å². The summed E-state index contributed by atoms with van der Waals surface area (Å²) in [5.74, 6) is 0.421. The fourth-order valence-corrected chi connectivity index (χ4v) is 2.92. The van der Waals surface area contributed by atoms with Crippen LogP contribution in [0.1, 0.15) is 13.8 Å². The second-order valence-electron chi connectivity index (χ2n) is 6.36. The Hall–Kier alpha value is -3.19. The number of aromatic nitrogens is 5. The third-order valence-corrected chi connectivity index (χ3v) is 4.23. The van der Waals surface area contributed by atoms with Crippen molar-refractivity contribution in [3.63, 3.8) is 0 Å². The number of hydrogen-bond donors (Lipinski definition) is 1. The van der Waals surface area contributed by atoms with Crippen molar-refractivity contribution in [2.24, 2.45) is 0 Å². The molecule has 0 fully saturated rings. The van der Waals surface area contributed by atoms with Crippen molar-refractivity contribution in [3.8, 4) is 11.4 Å². The molecule has 2 aromatic carbocycles. The number of hydrogen-bond acceptors (Lipinski definition) is 5. The molecule has 0 saturated heterocycles. The fraction of sp³-hybridized carbons (Fsp3) is 0.158. The molecule has 0 unspecified atom stereocenters. The number of benzene rings is 2. The maximum atomic E-state index is 13.2. The van der Waals surface area contributed by atoms with E-state index in [-0.39, 0.29) is 17.1 Å². The van der Waals surface area contributed by atoms with Crippen LogP contribution in [0, 0.1) is 0 Å². The number of nitrogens with one attached hydrogen (secondary N) is 1. The van der Waals surface area contributed by atoms with E-state index in [9.17, 15) is 4.79 Å². The van der Waals surface area contributed by atoms with Gasteiger partial charge in [0.2, 0.25) is 5.95 Å². The molecule has 0 aliphatic carbocycles. The van der Waals surface area contributed by atoms with Crippen LogP contribution < -0.4 is 10.9 Å². The monoisotopic (exact) mass is 380 g/mol. The Labute approximate surface area is 160 Å². The summed E-state index contributed by atoms with van der Waals surface area (Å²) in [6.07, 6.45) is 0. The maximum Gasteiger partial charge on any atom is 0.289 e. The van der Waals surface area contributed by atoms with Crippen molar-refractivity contribution in [1.29, 1.82) is 0 Å². The highest BCUT2D eigenvalue weighted by molar-refractivity contribution is 6.30. The van der Waals surface area contributed by atoms with Crippen LogP contribution in [0.4, 0.5) is 5.95 Å². The van der Waals surface area contributed by atoms with Crippen molar-refractivity contribution in [1.82, 2.24) is 24.5 Å². The van der Waals surface area contributed by atoms with Crippen LogP contribution in [0.15, 0.2) is 59.4 Å². The van der Waals surface area contributed by atoms with Gasteiger partial charge in [0.1, 0.15) is 0 Å². The minimum absolute atomic E-state index is 0.0777. The molecule has 0 radical (unpaired) electrons. The summed E-state index contributed by atoms with van der Waals surface area (Å²) in [5.41, 5.74) is 1.73. The lowest BCUT2D eigenvalue weighted by Gasteiger charge is -2.16. The van der Waals surface area contributed by atoms with E-state index >= 15 is 0 Å². The largest absolute Gasteiger partial charge is 0.353 e. The molecule has 0 saturated carbocycles. The summed E-state index contributed by atoms with van der Waals surface area (Å²) in [5, 5.41) is 12.0. The van der Waals surface area contributed by atoms with Gasteiger partial charge in [-0.05, 0) is 50.2 Å². The van der Waals surface area contributed by atoms with E-state index in [1.165, 1.54) is 4.57 Å². The van der Waals surface area contributed by atoms with Crippen LogP contribution in [0.3, 0.4) is 0 Å². The lowest BCUT2D eigenvalue weighted by molar-refractivity contribution is 0.813. The highest BCUT2D eigenvalue weighted by Crippen LogP contribution is 2.19. The van der Waals surface area contributed by atoms with Gasteiger partial charge in [-0.1, -0.05) is 35.0 Å². The first-order valence-corrected chi connectivity index (χ1v) is 8.89. The van der Waals surface area contributed by atoms with Gasteiger partial charge < -0.3 is 5.32 Å².